The molecule has 1 atom stereocenters. The second kappa shape index (κ2) is 6.66. The van der Waals surface area contributed by atoms with Gasteiger partial charge in [0.15, 0.2) is 5.82 Å². The summed E-state index contributed by atoms with van der Waals surface area (Å²) in [6.07, 6.45) is 4.35. The van der Waals surface area contributed by atoms with Gasteiger partial charge in [0.2, 0.25) is 5.69 Å². The zero-order chi connectivity index (χ0) is 17.1. The Morgan fingerprint density at radius 2 is 2.08 bits per heavy atom. The summed E-state index contributed by atoms with van der Waals surface area (Å²) >= 11 is 0. The Kier molecular flexibility index (Phi) is 4.42. The molecule has 8 heteroatoms. The second-order valence-electron chi connectivity index (χ2n) is 5.80. The van der Waals surface area contributed by atoms with Crippen molar-refractivity contribution in [2.75, 3.05) is 11.4 Å². The molecule has 24 heavy (non-hydrogen) atoms. The molecule has 0 spiro atoms. The lowest BCUT2D eigenvalue weighted by molar-refractivity contribution is -0.384. The molecular formula is C16H18N6O2. The fourth-order valence-corrected chi connectivity index (χ4v) is 3.09. The number of piperidine rings is 1. The predicted octanol–water partition coefficient (Wildman–Crippen LogP) is 2.82. The lowest BCUT2D eigenvalue weighted by atomic mass is 10.00. The number of nitriles is 1. The van der Waals surface area contributed by atoms with Crippen LogP contribution in [0.3, 0.4) is 0 Å². The Morgan fingerprint density at radius 3 is 2.71 bits per heavy atom. The Labute approximate surface area is 139 Å². The van der Waals surface area contributed by atoms with Gasteiger partial charge in [-0.2, -0.15) is 5.26 Å². The zero-order valence-corrected chi connectivity index (χ0v) is 13.4. The van der Waals surface area contributed by atoms with E-state index in [2.05, 4.69) is 28.1 Å². The first-order chi connectivity index (χ1) is 11.6. The third kappa shape index (κ3) is 2.93. The minimum atomic E-state index is -0.452. The van der Waals surface area contributed by atoms with Crippen LogP contribution in [-0.4, -0.2) is 32.5 Å². The maximum Gasteiger partial charge on any atom is 0.269 e. The average molecular weight is 326 g/mol. The number of benzene rings is 1. The van der Waals surface area contributed by atoms with Gasteiger partial charge in [-0.3, -0.25) is 10.1 Å². The Balaban J connectivity index is 1.95. The maximum atomic E-state index is 10.7. The molecule has 2 aromatic rings. The standard InChI is InChI=1S/C16H18N6O2/c1-2-12-5-3-4-10-20(12)16-15(11-17)18-21(19-16)13-6-8-14(9-7-13)22(23)24/h6-9,12H,2-5,10H2,1H3. The van der Waals surface area contributed by atoms with Crippen molar-refractivity contribution >= 4 is 11.5 Å². The molecule has 1 aliphatic rings. The molecule has 0 bridgehead atoms. The summed E-state index contributed by atoms with van der Waals surface area (Å²) < 4.78 is 0. The molecule has 2 heterocycles. The smallest absolute Gasteiger partial charge is 0.269 e. The number of anilines is 1. The fraction of sp³-hybridized carbons (Fsp3) is 0.438. The summed E-state index contributed by atoms with van der Waals surface area (Å²) in [5.74, 6) is 0.599. The van der Waals surface area contributed by atoms with E-state index in [1.165, 1.54) is 23.4 Å². The summed E-state index contributed by atoms with van der Waals surface area (Å²) in [6, 6.07) is 8.45. The highest BCUT2D eigenvalue weighted by atomic mass is 16.6. The summed E-state index contributed by atoms with van der Waals surface area (Å²) in [6.45, 7) is 3.00. The monoisotopic (exact) mass is 326 g/mol. The first-order valence-electron chi connectivity index (χ1n) is 8.03. The minimum absolute atomic E-state index is 0.00807. The SMILES string of the molecule is CCC1CCCCN1c1nn(-c2ccc([N+](=O)[O-])cc2)nc1C#N. The lowest BCUT2D eigenvalue weighted by Gasteiger charge is -2.35. The topological polar surface area (TPSA) is 101 Å². The van der Waals surface area contributed by atoms with E-state index in [1.54, 1.807) is 12.1 Å². The van der Waals surface area contributed by atoms with Gasteiger partial charge in [0.25, 0.3) is 5.69 Å². The van der Waals surface area contributed by atoms with E-state index in [9.17, 15) is 15.4 Å². The number of rotatable bonds is 4. The van der Waals surface area contributed by atoms with Crippen LogP contribution in [0.2, 0.25) is 0 Å². The molecule has 0 N–H and O–H groups in total. The number of hydrogen-bond donors (Lipinski definition) is 0. The number of non-ortho nitro benzene ring substituents is 1. The minimum Gasteiger partial charge on any atom is -0.350 e. The third-order valence-corrected chi connectivity index (χ3v) is 4.36. The van der Waals surface area contributed by atoms with Crippen LogP contribution in [0.15, 0.2) is 24.3 Å². The van der Waals surface area contributed by atoms with Crippen LogP contribution in [0.5, 0.6) is 0 Å². The quantitative estimate of drug-likeness (QED) is 0.632. The Hall–Kier alpha value is -2.95. The van der Waals surface area contributed by atoms with Crippen LogP contribution in [0, 0.1) is 21.4 Å². The van der Waals surface area contributed by atoms with Gasteiger partial charge in [-0.25, -0.2) is 0 Å². The van der Waals surface area contributed by atoms with Gasteiger partial charge in [0.1, 0.15) is 6.07 Å². The second-order valence-corrected chi connectivity index (χ2v) is 5.80. The fourth-order valence-electron chi connectivity index (χ4n) is 3.09. The van der Waals surface area contributed by atoms with Gasteiger partial charge in [-0.1, -0.05) is 6.92 Å². The number of nitrogens with zero attached hydrogens (tertiary/aromatic N) is 6. The van der Waals surface area contributed by atoms with Crippen molar-refractivity contribution in [1.82, 2.24) is 15.0 Å². The van der Waals surface area contributed by atoms with Crippen LogP contribution in [0.25, 0.3) is 5.69 Å². The van der Waals surface area contributed by atoms with Crippen LogP contribution >= 0.6 is 0 Å². The molecular weight excluding hydrogens is 308 g/mol. The molecule has 3 rings (SSSR count). The number of aromatic nitrogens is 3. The number of nitro groups is 1. The van der Waals surface area contributed by atoms with E-state index in [1.807, 2.05) is 0 Å². The van der Waals surface area contributed by atoms with Crippen molar-refractivity contribution in [3.63, 3.8) is 0 Å². The van der Waals surface area contributed by atoms with Crippen molar-refractivity contribution in [1.29, 1.82) is 5.26 Å². The molecule has 1 saturated heterocycles. The summed E-state index contributed by atoms with van der Waals surface area (Å²) in [5, 5.41) is 28.9. The van der Waals surface area contributed by atoms with E-state index in [0.717, 1.165) is 25.8 Å². The van der Waals surface area contributed by atoms with E-state index in [4.69, 9.17) is 0 Å². The van der Waals surface area contributed by atoms with Gasteiger partial charge < -0.3 is 4.90 Å². The van der Waals surface area contributed by atoms with E-state index in [0.29, 0.717) is 17.5 Å². The first kappa shape index (κ1) is 15.9. The van der Waals surface area contributed by atoms with E-state index < -0.39 is 4.92 Å². The molecule has 0 saturated carbocycles. The van der Waals surface area contributed by atoms with Gasteiger partial charge in [-0.15, -0.1) is 15.0 Å². The molecule has 8 nitrogen and oxygen atoms in total. The van der Waals surface area contributed by atoms with Crippen molar-refractivity contribution in [3.8, 4) is 11.8 Å². The van der Waals surface area contributed by atoms with E-state index >= 15 is 0 Å². The normalized spacial score (nSPS) is 17.5. The van der Waals surface area contributed by atoms with Gasteiger partial charge in [-0.05, 0) is 37.8 Å². The zero-order valence-electron chi connectivity index (χ0n) is 13.4. The van der Waals surface area contributed by atoms with Crippen LogP contribution < -0.4 is 4.90 Å². The molecule has 0 radical (unpaired) electrons. The third-order valence-electron chi connectivity index (χ3n) is 4.36. The first-order valence-corrected chi connectivity index (χ1v) is 8.03. The molecule has 124 valence electrons. The molecule has 1 aromatic carbocycles. The molecule has 1 aliphatic heterocycles. The van der Waals surface area contributed by atoms with Crippen molar-refractivity contribution in [2.45, 2.75) is 38.6 Å². The molecule has 0 aliphatic carbocycles. The van der Waals surface area contributed by atoms with Gasteiger partial charge in [0, 0.05) is 24.7 Å². The van der Waals surface area contributed by atoms with Crippen molar-refractivity contribution in [3.05, 3.63) is 40.1 Å². The van der Waals surface area contributed by atoms with E-state index in [-0.39, 0.29) is 11.4 Å². The summed E-state index contributed by atoms with van der Waals surface area (Å²) in [4.78, 5) is 13.8. The van der Waals surface area contributed by atoms with Crippen LogP contribution in [-0.2, 0) is 0 Å². The van der Waals surface area contributed by atoms with Crippen LogP contribution in [0.4, 0.5) is 11.5 Å². The number of nitro benzene ring substituents is 1. The Bertz CT molecular complexity index is 777. The summed E-state index contributed by atoms with van der Waals surface area (Å²) in [5.41, 5.74) is 0.885. The largest absolute Gasteiger partial charge is 0.350 e. The molecule has 1 aromatic heterocycles. The highest BCUT2D eigenvalue weighted by molar-refractivity contribution is 5.51. The van der Waals surface area contributed by atoms with Crippen molar-refractivity contribution < 1.29 is 4.92 Å². The lowest BCUT2D eigenvalue weighted by Crippen LogP contribution is -2.39. The molecule has 1 fully saturated rings. The number of hydrogen-bond acceptors (Lipinski definition) is 6. The molecule has 1 unspecified atom stereocenters. The summed E-state index contributed by atoms with van der Waals surface area (Å²) in [7, 11) is 0. The van der Waals surface area contributed by atoms with Crippen LogP contribution in [0.1, 0.15) is 38.3 Å². The Morgan fingerprint density at radius 1 is 1.33 bits per heavy atom. The van der Waals surface area contributed by atoms with Crippen molar-refractivity contribution in [2.24, 2.45) is 0 Å². The van der Waals surface area contributed by atoms with Gasteiger partial charge in [0.05, 0.1) is 10.6 Å². The highest BCUT2D eigenvalue weighted by Gasteiger charge is 2.27. The highest BCUT2D eigenvalue weighted by Crippen LogP contribution is 2.27. The predicted molar refractivity (Wildman–Crippen MR) is 88.0 cm³/mol. The maximum absolute atomic E-state index is 10.7. The average Bonchev–Trinajstić information content (AvgIpc) is 3.06. The van der Waals surface area contributed by atoms with Gasteiger partial charge >= 0.3 is 0 Å². The molecule has 0 amide bonds.